The number of fused-ring (bicyclic) bond motifs is 1. The van der Waals surface area contributed by atoms with Crippen molar-refractivity contribution in [2.75, 3.05) is 25.5 Å². The first-order valence-corrected chi connectivity index (χ1v) is 10.0. The molecule has 0 saturated carbocycles. The van der Waals surface area contributed by atoms with E-state index in [4.69, 9.17) is 4.74 Å². The zero-order chi connectivity index (χ0) is 20.1. The number of carbonyl (C=O) groups is 2. The minimum atomic E-state index is -0.443. The average molecular weight is 399 g/mol. The first kappa shape index (κ1) is 20.0. The summed E-state index contributed by atoms with van der Waals surface area (Å²) in [5.41, 5.74) is 1.80. The van der Waals surface area contributed by atoms with Crippen molar-refractivity contribution < 1.29 is 19.2 Å². The van der Waals surface area contributed by atoms with Gasteiger partial charge in [0, 0.05) is 0 Å². The average Bonchev–Trinajstić information content (AvgIpc) is 3.12. The number of amides is 1. The smallest absolute Gasteiger partial charge is 0.340 e. The number of nitrogens with zero attached hydrogens (tertiary/aromatic N) is 1. The highest BCUT2D eigenvalue weighted by Gasteiger charge is 2.23. The second-order valence-electron chi connectivity index (χ2n) is 6.58. The molecule has 0 radical (unpaired) electrons. The molecule has 0 bridgehead atoms. The van der Waals surface area contributed by atoms with Gasteiger partial charge in [0.2, 0.25) is 0 Å². The molecule has 3 aromatic rings. The predicted octanol–water partition coefficient (Wildman–Crippen LogP) is 2.69. The van der Waals surface area contributed by atoms with Crippen LogP contribution in [-0.4, -0.2) is 37.1 Å². The molecule has 28 heavy (non-hydrogen) atoms. The zero-order valence-electron chi connectivity index (χ0n) is 16.2. The maximum atomic E-state index is 12.6. The van der Waals surface area contributed by atoms with E-state index in [-0.39, 0.29) is 25.1 Å². The molecule has 1 aromatic heterocycles. The van der Waals surface area contributed by atoms with Crippen LogP contribution in [0.25, 0.3) is 10.2 Å². The second kappa shape index (κ2) is 8.95. The molecule has 3 rings (SSSR count). The third-order valence-electron chi connectivity index (χ3n) is 4.56. The molecular formula is C21H24N3O3S+. The largest absolute Gasteiger partial charge is 0.462 e. The van der Waals surface area contributed by atoms with Gasteiger partial charge in [0.15, 0.2) is 11.6 Å². The second-order valence-corrected chi connectivity index (χ2v) is 7.64. The number of para-hydroxylation sites is 2. The van der Waals surface area contributed by atoms with Crippen LogP contribution in [0.1, 0.15) is 35.3 Å². The number of carbonyl (C=O) groups excluding carboxylic acids is 2. The molecule has 6 nitrogen and oxygen atoms in total. The molecule has 2 atom stereocenters. The van der Waals surface area contributed by atoms with Gasteiger partial charge in [-0.25, -0.2) is 9.78 Å². The number of likely N-dealkylation sites (N-methyl/N-ethyl adjacent to an activating group) is 1. The van der Waals surface area contributed by atoms with E-state index in [0.717, 1.165) is 20.1 Å². The minimum absolute atomic E-state index is 0.0726. The highest BCUT2D eigenvalue weighted by molar-refractivity contribution is 7.18. The lowest BCUT2D eigenvalue weighted by molar-refractivity contribution is -0.902. The van der Waals surface area contributed by atoms with Gasteiger partial charge in [-0.15, -0.1) is 11.3 Å². The van der Waals surface area contributed by atoms with E-state index >= 15 is 0 Å². The van der Waals surface area contributed by atoms with E-state index in [1.54, 1.807) is 42.5 Å². The zero-order valence-corrected chi connectivity index (χ0v) is 17.0. The van der Waals surface area contributed by atoms with E-state index in [1.165, 1.54) is 0 Å². The van der Waals surface area contributed by atoms with Crippen LogP contribution >= 0.6 is 11.3 Å². The predicted molar refractivity (Wildman–Crippen MR) is 111 cm³/mol. The van der Waals surface area contributed by atoms with Gasteiger partial charge in [0.1, 0.15) is 6.04 Å². The fourth-order valence-electron chi connectivity index (χ4n) is 2.87. The fourth-order valence-corrected chi connectivity index (χ4v) is 3.98. The van der Waals surface area contributed by atoms with Gasteiger partial charge in [-0.2, -0.15) is 0 Å². The van der Waals surface area contributed by atoms with Crippen LogP contribution in [-0.2, 0) is 9.53 Å². The van der Waals surface area contributed by atoms with Crippen molar-refractivity contribution in [3.8, 4) is 0 Å². The van der Waals surface area contributed by atoms with E-state index in [1.807, 2.05) is 25.2 Å². The van der Waals surface area contributed by atoms with Crippen molar-refractivity contribution in [2.24, 2.45) is 0 Å². The summed E-state index contributed by atoms with van der Waals surface area (Å²) in [6, 6.07) is 15.0. The van der Waals surface area contributed by atoms with Crippen molar-refractivity contribution in [1.29, 1.82) is 0 Å². The molecule has 1 heterocycles. The molecule has 2 N–H and O–H groups in total. The van der Waals surface area contributed by atoms with Crippen LogP contribution in [0.15, 0.2) is 48.5 Å². The lowest BCUT2D eigenvalue weighted by Gasteiger charge is -2.19. The maximum absolute atomic E-state index is 12.6. The molecule has 0 aliphatic heterocycles. The number of esters is 1. The number of thiazole rings is 1. The van der Waals surface area contributed by atoms with Crippen LogP contribution in [0.2, 0.25) is 0 Å². The van der Waals surface area contributed by atoms with Crippen molar-refractivity contribution in [2.45, 2.75) is 19.9 Å². The molecular weight excluding hydrogens is 374 g/mol. The Hall–Kier alpha value is -2.77. The number of quaternary nitrogens is 1. The van der Waals surface area contributed by atoms with E-state index in [0.29, 0.717) is 11.3 Å². The SMILES string of the molecule is CCOC(=O)c1ccccc1NC(=O)C[NH+](C)[C@H](C)c1nc2ccccc2s1. The van der Waals surface area contributed by atoms with Crippen molar-refractivity contribution in [3.63, 3.8) is 0 Å². The summed E-state index contributed by atoms with van der Waals surface area (Å²) in [6.45, 7) is 4.36. The molecule has 0 aliphatic rings. The summed E-state index contributed by atoms with van der Waals surface area (Å²) < 4.78 is 6.20. The number of benzene rings is 2. The molecule has 2 aromatic carbocycles. The van der Waals surface area contributed by atoms with Crippen LogP contribution in [0.4, 0.5) is 5.69 Å². The molecule has 0 spiro atoms. The maximum Gasteiger partial charge on any atom is 0.340 e. The number of nitrogens with one attached hydrogen (secondary N) is 2. The Morgan fingerprint density at radius 2 is 1.89 bits per heavy atom. The Balaban J connectivity index is 1.67. The fraction of sp³-hybridized carbons (Fsp3) is 0.286. The lowest BCUT2D eigenvalue weighted by atomic mass is 10.2. The van der Waals surface area contributed by atoms with Crippen molar-refractivity contribution in [1.82, 2.24) is 4.98 Å². The van der Waals surface area contributed by atoms with E-state index in [2.05, 4.69) is 23.3 Å². The lowest BCUT2D eigenvalue weighted by Crippen LogP contribution is -3.10. The van der Waals surface area contributed by atoms with Gasteiger partial charge in [0.25, 0.3) is 5.91 Å². The van der Waals surface area contributed by atoms with Gasteiger partial charge >= 0.3 is 5.97 Å². The third-order valence-corrected chi connectivity index (χ3v) is 5.78. The molecule has 1 amide bonds. The summed E-state index contributed by atoms with van der Waals surface area (Å²) >= 11 is 1.65. The Bertz CT molecular complexity index is 953. The Kier molecular flexibility index (Phi) is 6.38. The topological polar surface area (TPSA) is 72.7 Å². The van der Waals surface area contributed by atoms with Crippen LogP contribution in [0.5, 0.6) is 0 Å². The highest BCUT2D eigenvalue weighted by Crippen LogP contribution is 2.24. The monoisotopic (exact) mass is 398 g/mol. The minimum Gasteiger partial charge on any atom is -0.462 e. The number of rotatable bonds is 7. The molecule has 0 saturated heterocycles. The number of hydrogen-bond acceptors (Lipinski definition) is 5. The summed E-state index contributed by atoms with van der Waals surface area (Å²) in [7, 11) is 1.97. The van der Waals surface area contributed by atoms with E-state index < -0.39 is 5.97 Å². The molecule has 7 heteroatoms. The first-order valence-electron chi connectivity index (χ1n) is 9.23. The van der Waals surface area contributed by atoms with Crippen LogP contribution in [0, 0.1) is 0 Å². The normalized spacial score (nSPS) is 13.1. The number of ether oxygens (including phenoxy) is 1. The number of hydrogen-bond donors (Lipinski definition) is 2. The van der Waals surface area contributed by atoms with E-state index in [9.17, 15) is 9.59 Å². The Morgan fingerprint density at radius 1 is 1.18 bits per heavy atom. The first-order chi connectivity index (χ1) is 13.5. The number of anilines is 1. The van der Waals surface area contributed by atoms with Gasteiger partial charge in [-0.1, -0.05) is 24.3 Å². The van der Waals surface area contributed by atoms with Gasteiger partial charge in [-0.05, 0) is 38.1 Å². The van der Waals surface area contributed by atoms with Gasteiger partial charge in [-0.3, -0.25) is 4.79 Å². The summed E-state index contributed by atoms with van der Waals surface area (Å²) in [6.07, 6.45) is 0. The van der Waals surface area contributed by atoms with Gasteiger partial charge in [0.05, 0.1) is 35.1 Å². The van der Waals surface area contributed by atoms with Crippen molar-refractivity contribution in [3.05, 3.63) is 59.1 Å². The molecule has 146 valence electrons. The van der Waals surface area contributed by atoms with Crippen LogP contribution in [0.3, 0.4) is 0 Å². The summed E-state index contributed by atoms with van der Waals surface area (Å²) in [5.74, 6) is -0.607. The Morgan fingerprint density at radius 3 is 2.64 bits per heavy atom. The number of aromatic nitrogens is 1. The highest BCUT2D eigenvalue weighted by atomic mass is 32.1. The quantitative estimate of drug-likeness (QED) is 0.600. The van der Waals surface area contributed by atoms with Crippen LogP contribution < -0.4 is 10.2 Å². The third kappa shape index (κ3) is 4.55. The van der Waals surface area contributed by atoms with Crippen molar-refractivity contribution >= 4 is 39.1 Å². The summed E-state index contributed by atoms with van der Waals surface area (Å²) in [4.78, 5) is 30.3. The Labute approximate surface area is 168 Å². The molecule has 0 aliphatic carbocycles. The molecule has 1 unspecified atom stereocenters. The standard InChI is InChI=1S/C21H23N3O3S/c1-4-27-21(26)15-9-5-6-10-16(15)22-19(25)13-24(3)14(2)20-23-17-11-7-8-12-18(17)28-20/h5-12,14H,4,13H2,1-3H3,(H,22,25)/p+1/t14-/m1/s1. The summed E-state index contributed by atoms with van der Waals surface area (Å²) in [5, 5.41) is 3.83. The van der Waals surface area contributed by atoms with Gasteiger partial charge < -0.3 is 15.0 Å². The molecule has 0 fully saturated rings.